The third kappa shape index (κ3) is 5.50. The Morgan fingerprint density at radius 2 is 1.91 bits per heavy atom. The van der Waals surface area contributed by atoms with E-state index in [0.29, 0.717) is 6.04 Å². The van der Waals surface area contributed by atoms with Crippen molar-refractivity contribution in [2.24, 2.45) is 16.8 Å². The highest BCUT2D eigenvalue weighted by Crippen LogP contribution is 2.32. The van der Waals surface area contributed by atoms with Crippen molar-refractivity contribution >= 4 is 11.9 Å². The van der Waals surface area contributed by atoms with Crippen molar-refractivity contribution in [3.63, 3.8) is 0 Å². The molecule has 126 valence electrons. The lowest BCUT2D eigenvalue weighted by atomic mass is 10.0. The van der Waals surface area contributed by atoms with E-state index in [2.05, 4.69) is 22.5 Å². The van der Waals surface area contributed by atoms with Gasteiger partial charge in [0, 0.05) is 38.1 Å². The maximum atomic E-state index is 12.0. The second-order valence-electron chi connectivity index (χ2n) is 6.89. The third-order valence-electron chi connectivity index (χ3n) is 4.49. The smallest absolute Gasteiger partial charge is 0.225 e. The largest absolute Gasteiger partial charge is 0.357 e. The molecule has 1 saturated heterocycles. The molecular formula is C17H32N4O. The van der Waals surface area contributed by atoms with Gasteiger partial charge >= 0.3 is 0 Å². The number of hydrogen-bond donors (Lipinski definition) is 2. The van der Waals surface area contributed by atoms with E-state index in [1.165, 1.54) is 19.3 Å². The normalized spacial score (nSPS) is 20.4. The quantitative estimate of drug-likeness (QED) is 0.583. The Bertz CT molecular complexity index is 382. The fourth-order valence-corrected chi connectivity index (χ4v) is 2.89. The van der Waals surface area contributed by atoms with E-state index < -0.39 is 0 Å². The van der Waals surface area contributed by atoms with Crippen LogP contribution in [-0.4, -0.2) is 49.0 Å². The molecule has 22 heavy (non-hydrogen) atoms. The van der Waals surface area contributed by atoms with Gasteiger partial charge in [0.05, 0.1) is 0 Å². The van der Waals surface area contributed by atoms with Crippen LogP contribution >= 0.6 is 0 Å². The maximum absolute atomic E-state index is 12.0. The summed E-state index contributed by atoms with van der Waals surface area (Å²) >= 11 is 0. The lowest BCUT2D eigenvalue weighted by Crippen LogP contribution is -2.50. The van der Waals surface area contributed by atoms with Crippen LogP contribution < -0.4 is 10.6 Å². The average molecular weight is 308 g/mol. The Hall–Kier alpha value is -1.26. The molecule has 1 amide bonds. The number of nitrogens with one attached hydrogen (secondary N) is 2. The van der Waals surface area contributed by atoms with Crippen molar-refractivity contribution in [1.82, 2.24) is 15.5 Å². The molecule has 0 unspecified atom stereocenters. The number of guanidine groups is 1. The summed E-state index contributed by atoms with van der Waals surface area (Å²) in [5.41, 5.74) is 0. The van der Waals surface area contributed by atoms with Crippen LogP contribution in [0.1, 0.15) is 52.9 Å². The molecule has 0 radical (unpaired) electrons. The number of hydrogen-bond acceptors (Lipinski definition) is 2. The molecule has 5 nitrogen and oxygen atoms in total. The van der Waals surface area contributed by atoms with Crippen molar-refractivity contribution in [2.75, 3.05) is 26.2 Å². The first-order valence-electron chi connectivity index (χ1n) is 8.93. The summed E-state index contributed by atoms with van der Waals surface area (Å²) in [4.78, 5) is 18.7. The van der Waals surface area contributed by atoms with Gasteiger partial charge in [-0.2, -0.15) is 0 Å². The van der Waals surface area contributed by atoms with Gasteiger partial charge in [-0.15, -0.1) is 0 Å². The minimum absolute atomic E-state index is 0.103. The molecular weight excluding hydrogens is 276 g/mol. The van der Waals surface area contributed by atoms with Crippen molar-refractivity contribution in [3.8, 4) is 0 Å². The topological polar surface area (TPSA) is 56.7 Å². The van der Waals surface area contributed by atoms with Crippen molar-refractivity contribution in [1.29, 1.82) is 0 Å². The molecule has 1 heterocycles. The highest BCUT2D eigenvalue weighted by molar-refractivity contribution is 5.80. The molecule has 1 saturated carbocycles. The number of amides is 1. The average Bonchev–Trinajstić information content (AvgIpc) is 3.31. The number of rotatable bonds is 6. The highest BCUT2D eigenvalue weighted by Gasteiger charge is 2.25. The molecule has 0 aromatic heterocycles. The molecule has 2 fully saturated rings. The SMILES string of the molecule is CCNC(=NCCC1CC1)NC1CCN(C(=O)C(C)C)CC1. The number of likely N-dealkylation sites (tertiary alicyclic amines) is 1. The molecule has 0 aromatic carbocycles. The van der Waals surface area contributed by atoms with Crippen LogP contribution in [0.5, 0.6) is 0 Å². The van der Waals surface area contributed by atoms with Gasteiger partial charge in [-0.25, -0.2) is 0 Å². The minimum atomic E-state index is 0.103. The summed E-state index contributed by atoms with van der Waals surface area (Å²) in [5.74, 6) is 2.25. The van der Waals surface area contributed by atoms with E-state index in [9.17, 15) is 4.79 Å². The molecule has 5 heteroatoms. The summed E-state index contributed by atoms with van der Waals surface area (Å²) in [6.45, 7) is 9.57. The fourth-order valence-electron chi connectivity index (χ4n) is 2.89. The van der Waals surface area contributed by atoms with E-state index in [1.54, 1.807) is 0 Å². The van der Waals surface area contributed by atoms with Gasteiger partial charge in [-0.3, -0.25) is 9.79 Å². The van der Waals surface area contributed by atoms with Gasteiger partial charge in [-0.05, 0) is 32.1 Å². The first-order chi connectivity index (χ1) is 10.6. The zero-order valence-corrected chi connectivity index (χ0v) is 14.4. The minimum Gasteiger partial charge on any atom is -0.357 e. The first kappa shape index (κ1) is 17.1. The van der Waals surface area contributed by atoms with Crippen molar-refractivity contribution in [2.45, 2.75) is 58.9 Å². The second-order valence-corrected chi connectivity index (χ2v) is 6.89. The Morgan fingerprint density at radius 1 is 1.23 bits per heavy atom. The van der Waals surface area contributed by atoms with Crippen LogP contribution in [0.15, 0.2) is 4.99 Å². The van der Waals surface area contributed by atoms with E-state index in [1.807, 2.05) is 18.7 Å². The molecule has 1 aliphatic heterocycles. The number of carbonyl (C=O) groups excluding carboxylic acids is 1. The molecule has 0 aromatic rings. The highest BCUT2D eigenvalue weighted by atomic mass is 16.2. The predicted octanol–water partition coefficient (Wildman–Crippen LogP) is 1.99. The van der Waals surface area contributed by atoms with Crippen molar-refractivity contribution in [3.05, 3.63) is 0 Å². The van der Waals surface area contributed by atoms with Crippen LogP contribution in [0.3, 0.4) is 0 Å². The number of aliphatic imine (C=N–C) groups is 1. The summed E-state index contributed by atoms with van der Waals surface area (Å²) < 4.78 is 0. The predicted molar refractivity (Wildman–Crippen MR) is 90.9 cm³/mol. The van der Waals surface area contributed by atoms with E-state index in [0.717, 1.165) is 50.9 Å². The zero-order chi connectivity index (χ0) is 15.9. The van der Waals surface area contributed by atoms with Gasteiger partial charge in [-0.1, -0.05) is 26.7 Å². The van der Waals surface area contributed by atoms with Gasteiger partial charge in [0.25, 0.3) is 0 Å². The Morgan fingerprint density at radius 3 is 2.45 bits per heavy atom. The van der Waals surface area contributed by atoms with Crippen LogP contribution in [0.25, 0.3) is 0 Å². The summed E-state index contributed by atoms with van der Waals surface area (Å²) in [5, 5.41) is 6.88. The molecule has 0 spiro atoms. The summed E-state index contributed by atoms with van der Waals surface area (Å²) in [6.07, 6.45) is 6.01. The fraction of sp³-hybridized carbons (Fsp3) is 0.882. The summed E-state index contributed by atoms with van der Waals surface area (Å²) in [6, 6.07) is 0.426. The Kier molecular flexibility index (Phi) is 6.52. The molecule has 0 bridgehead atoms. The molecule has 0 atom stereocenters. The standard InChI is InChI=1S/C17H32N4O/c1-4-18-17(19-10-7-14-5-6-14)20-15-8-11-21(12-9-15)16(22)13(2)3/h13-15H,4-12H2,1-3H3,(H2,18,19,20). The zero-order valence-electron chi connectivity index (χ0n) is 14.4. The maximum Gasteiger partial charge on any atom is 0.225 e. The van der Waals surface area contributed by atoms with Gasteiger partial charge < -0.3 is 15.5 Å². The van der Waals surface area contributed by atoms with Crippen LogP contribution in [-0.2, 0) is 4.79 Å². The van der Waals surface area contributed by atoms with Gasteiger partial charge in [0.2, 0.25) is 5.91 Å². The molecule has 2 rings (SSSR count). The Balaban J connectivity index is 1.75. The molecule has 1 aliphatic carbocycles. The van der Waals surface area contributed by atoms with Gasteiger partial charge in [0.1, 0.15) is 0 Å². The lowest BCUT2D eigenvalue weighted by Gasteiger charge is -2.34. The van der Waals surface area contributed by atoms with Gasteiger partial charge in [0.15, 0.2) is 5.96 Å². The number of piperidine rings is 1. The summed E-state index contributed by atoms with van der Waals surface area (Å²) in [7, 11) is 0. The second kappa shape index (κ2) is 8.39. The van der Waals surface area contributed by atoms with E-state index in [4.69, 9.17) is 0 Å². The molecule has 2 aliphatic rings. The lowest BCUT2D eigenvalue weighted by molar-refractivity contribution is -0.135. The third-order valence-corrected chi connectivity index (χ3v) is 4.49. The Labute approximate surface area is 134 Å². The number of carbonyl (C=O) groups is 1. The van der Waals surface area contributed by atoms with Crippen molar-refractivity contribution < 1.29 is 4.79 Å². The van der Waals surface area contributed by atoms with E-state index >= 15 is 0 Å². The van der Waals surface area contributed by atoms with Crippen LogP contribution in [0, 0.1) is 11.8 Å². The van der Waals surface area contributed by atoms with Crippen LogP contribution in [0.2, 0.25) is 0 Å². The monoisotopic (exact) mass is 308 g/mol. The van der Waals surface area contributed by atoms with E-state index in [-0.39, 0.29) is 11.8 Å². The van der Waals surface area contributed by atoms with Crippen LogP contribution in [0.4, 0.5) is 0 Å². The first-order valence-corrected chi connectivity index (χ1v) is 8.93. The molecule has 2 N–H and O–H groups in total. The number of nitrogens with zero attached hydrogens (tertiary/aromatic N) is 2.